The van der Waals surface area contributed by atoms with Gasteiger partial charge < -0.3 is 10.6 Å². The van der Waals surface area contributed by atoms with Gasteiger partial charge in [0.15, 0.2) is 10.3 Å². The van der Waals surface area contributed by atoms with Crippen LogP contribution in [0, 0.1) is 5.41 Å². The molecule has 0 bridgehead atoms. The second-order valence-electron chi connectivity index (χ2n) is 11.4. The van der Waals surface area contributed by atoms with E-state index in [2.05, 4.69) is 19.9 Å². The summed E-state index contributed by atoms with van der Waals surface area (Å²) in [6.45, 7) is 5.62. The van der Waals surface area contributed by atoms with Crippen LogP contribution in [-0.4, -0.2) is 42.0 Å². The Morgan fingerprint density at radius 1 is 1.23 bits per heavy atom. The molecule has 1 saturated carbocycles. The van der Waals surface area contributed by atoms with Crippen LogP contribution < -0.4 is 15.8 Å². The van der Waals surface area contributed by atoms with Crippen molar-refractivity contribution in [3.05, 3.63) is 44.2 Å². The minimum Gasteiger partial charge on any atom is -0.381 e. The van der Waals surface area contributed by atoms with Gasteiger partial charge in [-0.25, -0.2) is 19.2 Å². The topological polar surface area (TPSA) is 124 Å². The quantitative estimate of drug-likeness (QED) is 0.330. The molecule has 6 rings (SSSR count). The highest BCUT2D eigenvalue weighted by Crippen LogP contribution is 2.58. The van der Waals surface area contributed by atoms with Crippen molar-refractivity contribution in [2.75, 3.05) is 23.7 Å². The molecule has 2 aliphatic carbocycles. The highest BCUT2D eigenvalue weighted by Gasteiger charge is 2.51. The van der Waals surface area contributed by atoms with Crippen molar-refractivity contribution in [2.45, 2.75) is 78.9 Å². The number of hydrogen-bond donors (Lipinski definition) is 2. The van der Waals surface area contributed by atoms with Crippen molar-refractivity contribution in [1.82, 2.24) is 19.9 Å². The van der Waals surface area contributed by atoms with E-state index < -0.39 is 15.7 Å². The van der Waals surface area contributed by atoms with Gasteiger partial charge in [0, 0.05) is 40.9 Å². The average molecular weight is 625 g/mol. The molecule has 4 N–H and O–H groups in total. The first-order valence-electron chi connectivity index (χ1n) is 13.1. The van der Waals surface area contributed by atoms with E-state index in [1.165, 1.54) is 16.6 Å². The molecule has 208 valence electrons. The van der Waals surface area contributed by atoms with Crippen LogP contribution >= 0.6 is 46.3 Å². The Kier molecular flexibility index (Phi) is 7.38. The maximum Gasteiger partial charge on any atom is 0.184 e. The van der Waals surface area contributed by atoms with Crippen LogP contribution in [0.4, 0.5) is 11.6 Å². The molecule has 0 aromatic carbocycles. The van der Waals surface area contributed by atoms with Gasteiger partial charge in [-0.05, 0) is 63.9 Å². The zero-order valence-electron chi connectivity index (χ0n) is 21.8. The molecule has 2 atom stereocenters. The van der Waals surface area contributed by atoms with Gasteiger partial charge >= 0.3 is 0 Å². The lowest BCUT2D eigenvalue weighted by Gasteiger charge is -2.45. The number of pyridine rings is 1. The van der Waals surface area contributed by atoms with E-state index in [0.717, 1.165) is 73.7 Å². The Morgan fingerprint density at radius 2 is 1.97 bits per heavy atom. The van der Waals surface area contributed by atoms with Crippen molar-refractivity contribution in [1.29, 1.82) is 0 Å². The summed E-state index contributed by atoms with van der Waals surface area (Å²) in [7, 11) is -1.43. The van der Waals surface area contributed by atoms with E-state index in [4.69, 9.17) is 39.1 Å². The Morgan fingerprint density at radius 3 is 2.64 bits per heavy atom. The number of aromatic nitrogens is 4. The molecule has 3 aromatic rings. The van der Waals surface area contributed by atoms with Crippen LogP contribution in [-0.2, 0) is 17.4 Å². The third kappa shape index (κ3) is 5.30. The Hall–Kier alpha value is -1.50. The molecule has 1 aliphatic heterocycles. The number of rotatable bonds is 7. The molecule has 0 radical (unpaired) electrons. The number of halogens is 2. The molecule has 4 heterocycles. The summed E-state index contributed by atoms with van der Waals surface area (Å²) >= 11 is 15.9. The number of thiazole rings is 1. The molecule has 0 amide bonds. The standard InChI is InChI=1S/C26H31Cl2N7OS3/c1-25(2,39(30)36)11-15-21-16(33-24(28)38-21)12-26(15)6-9-35(10-7-26)18-13-32-23(22(29)34-18)37-17-5-8-31-20(19(17)27)14-3-4-14/h5,8,13-15H,3-4,6-7,9-12,30H2,1-2H3,(H2,29,34)/t15-,39?/m1/s1. The third-order valence-corrected chi connectivity index (χ3v) is 12.6. The molecule has 13 heteroatoms. The number of fused-ring (bicyclic) bond motifs is 1. The fourth-order valence-electron chi connectivity index (χ4n) is 5.94. The smallest absolute Gasteiger partial charge is 0.184 e. The molecule has 3 aliphatic rings. The summed E-state index contributed by atoms with van der Waals surface area (Å²) in [5, 5.41) is 7.21. The number of nitrogen functional groups attached to an aromatic ring is 1. The van der Waals surface area contributed by atoms with Gasteiger partial charge in [0.2, 0.25) is 0 Å². The minimum atomic E-state index is -1.43. The normalized spacial score (nSPS) is 21.4. The molecular formula is C26H31Cl2N7OS3. The Bertz CT molecular complexity index is 1440. The SMILES string of the molecule is CC(C)(C[C@@H]1c2sc(Cl)nc2CC12CCN(c1cnc(Sc3ccnc(C4CC4)c3Cl)c(N)n1)CC2)S(N)=O. The monoisotopic (exact) mass is 623 g/mol. The number of nitrogens with zero attached hydrogens (tertiary/aromatic N) is 5. The van der Waals surface area contributed by atoms with Crippen LogP contribution in [0.25, 0.3) is 0 Å². The number of anilines is 2. The van der Waals surface area contributed by atoms with Gasteiger partial charge in [0.25, 0.3) is 0 Å². The first-order valence-corrected chi connectivity index (χ1v) is 16.7. The van der Waals surface area contributed by atoms with Crippen molar-refractivity contribution in [3.63, 3.8) is 0 Å². The fourth-order valence-corrected chi connectivity index (χ4v) is 8.84. The minimum absolute atomic E-state index is 0.0397. The highest BCUT2D eigenvalue weighted by molar-refractivity contribution is 7.99. The predicted octanol–water partition coefficient (Wildman–Crippen LogP) is 5.96. The third-order valence-electron chi connectivity index (χ3n) is 8.40. The van der Waals surface area contributed by atoms with Gasteiger partial charge in [-0.2, -0.15) is 0 Å². The largest absolute Gasteiger partial charge is 0.381 e. The second kappa shape index (κ2) is 10.4. The van der Waals surface area contributed by atoms with Gasteiger partial charge in [-0.1, -0.05) is 35.0 Å². The molecular weight excluding hydrogens is 593 g/mol. The summed E-state index contributed by atoms with van der Waals surface area (Å²) in [4.78, 5) is 22.9. The summed E-state index contributed by atoms with van der Waals surface area (Å²) in [5.41, 5.74) is 8.48. The van der Waals surface area contributed by atoms with E-state index in [0.29, 0.717) is 26.3 Å². The maximum atomic E-state index is 12.3. The van der Waals surface area contributed by atoms with E-state index in [9.17, 15) is 4.21 Å². The van der Waals surface area contributed by atoms with Crippen molar-refractivity contribution >= 4 is 68.9 Å². The van der Waals surface area contributed by atoms with E-state index in [1.54, 1.807) is 23.7 Å². The van der Waals surface area contributed by atoms with Crippen LogP contribution in [0.3, 0.4) is 0 Å². The summed E-state index contributed by atoms with van der Waals surface area (Å²) in [5.74, 6) is 1.86. The van der Waals surface area contributed by atoms with Crippen molar-refractivity contribution in [3.8, 4) is 0 Å². The molecule has 1 saturated heterocycles. The molecule has 39 heavy (non-hydrogen) atoms. The summed E-state index contributed by atoms with van der Waals surface area (Å²) < 4.78 is 12.4. The van der Waals surface area contributed by atoms with Crippen LogP contribution in [0.1, 0.15) is 74.1 Å². The second-order valence-corrected chi connectivity index (χ2v) is 16.1. The number of piperidine rings is 1. The van der Waals surface area contributed by atoms with Crippen molar-refractivity contribution < 1.29 is 4.21 Å². The Labute approximate surface area is 249 Å². The molecule has 2 fully saturated rings. The van der Waals surface area contributed by atoms with E-state index in [1.807, 2.05) is 19.9 Å². The van der Waals surface area contributed by atoms with Crippen LogP contribution in [0.15, 0.2) is 28.4 Å². The number of nitrogens with two attached hydrogens (primary N) is 2. The predicted molar refractivity (Wildman–Crippen MR) is 160 cm³/mol. The average Bonchev–Trinajstić information content (AvgIpc) is 3.62. The summed E-state index contributed by atoms with van der Waals surface area (Å²) in [6, 6.07) is 1.90. The van der Waals surface area contributed by atoms with Crippen molar-refractivity contribution in [2.24, 2.45) is 10.6 Å². The van der Waals surface area contributed by atoms with Gasteiger partial charge in [-0.15, -0.1) is 11.3 Å². The maximum absolute atomic E-state index is 12.3. The van der Waals surface area contributed by atoms with Gasteiger partial charge in [0.05, 0.1) is 38.3 Å². The lowest BCUT2D eigenvalue weighted by Crippen LogP contribution is -2.45. The Balaban J connectivity index is 1.18. The molecule has 8 nitrogen and oxygen atoms in total. The van der Waals surface area contributed by atoms with Crippen LogP contribution in [0.5, 0.6) is 0 Å². The molecule has 1 unspecified atom stereocenters. The summed E-state index contributed by atoms with van der Waals surface area (Å²) in [6.07, 6.45) is 9.42. The van der Waals surface area contributed by atoms with Crippen LogP contribution in [0.2, 0.25) is 9.49 Å². The zero-order valence-corrected chi connectivity index (χ0v) is 25.8. The lowest BCUT2D eigenvalue weighted by molar-refractivity contribution is 0.171. The zero-order chi connectivity index (χ0) is 27.5. The molecule has 1 spiro atoms. The molecule has 3 aromatic heterocycles. The first-order chi connectivity index (χ1) is 18.6. The van der Waals surface area contributed by atoms with E-state index >= 15 is 0 Å². The highest BCUT2D eigenvalue weighted by atomic mass is 35.5. The van der Waals surface area contributed by atoms with Gasteiger partial charge in [-0.3, -0.25) is 10.1 Å². The lowest BCUT2D eigenvalue weighted by atomic mass is 9.67. The fraction of sp³-hybridized carbons (Fsp3) is 0.538. The number of hydrogen-bond acceptors (Lipinski definition) is 9. The first kappa shape index (κ1) is 27.7. The van der Waals surface area contributed by atoms with Gasteiger partial charge in [0.1, 0.15) is 10.8 Å². The van der Waals surface area contributed by atoms with E-state index in [-0.39, 0.29) is 11.3 Å².